The highest BCUT2D eigenvalue weighted by molar-refractivity contribution is 5.93. The molecule has 16 heavy (non-hydrogen) atoms. The third kappa shape index (κ3) is 2.18. The largest absolute Gasteiger partial charge is 0.508 e. The number of phenols is 1. The standard InChI is InChI=1S/C13H17NO2/c14-13(16)10-6-7-11(12(15)8-10)9-4-2-1-3-5-9/h6-9,15H,1-5H2,(H2,14,16). The molecular formula is C13H17NO2. The number of carbonyl (C=O) groups excluding carboxylic acids is 1. The summed E-state index contributed by atoms with van der Waals surface area (Å²) in [6, 6.07) is 5.02. The number of phenolic OH excluding ortho intramolecular Hbond substituents is 1. The zero-order chi connectivity index (χ0) is 11.5. The lowest BCUT2D eigenvalue weighted by Gasteiger charge is -2.22. The monoisotopic (exact) mass is 219 g/mol. The lowest BCUT2D eigenvalue weighted by molar-refractivity contribution is 0.1000. The fourth-order valence-electron chi connectivity index (χ4n) is 2.46. The van der Waals surface area contributed by atoms with Crippen LogP contribution in [-0.4, -0.2) is 11.0 Å². The molecule has 0 atom stereocenters. The molecule has 0 aromatic heterocycles. The van der Waals surface area contributed by atoms with Crippen molar-refractivity contribution >= 4 is 5.91 Å². The highest BCUT2D eigenvalue weighted by Gasteiger charge is 2.19. The zero-order valence-electron chi connectivity index (χ0n) is 9.28. The van der Waals surface area contributed by atoms with Crippen LogP contribution in [0.25, 0.3) is 0 Å². The van der Waals surface area contributed by atoms with Crippen LogP contribution in [0.2, 0.25) is 0 Å². The predicted molar refractivity (Wildman–Crippen MR) is 62.5 cm³/mol. The fourth-order valence-corrected chi connectivity index (χ4v) is 2.46. The summed E-state index contributed by atoms with van der Waals surface area (Å²) in [5.41, 5.74) is 6.50. The Labute approximate surface area is 95.3 Å². The first-order chi connectivity index (χ1) is 7.68. The van der Waals surface area contributed by atoms with Gasteiger partial charge in [-0.05, 0) is 36.5 Å². The SMILES string of the molecule is NC(=O)c1ccc(C2CCCCC2)c(O)c1. The number of hydrogen-bond acceptors (Lipinski definition) is 2. The number of benzene rings is 1. The molecule has 86 valence electrons. The molecule has 0 aliphatic heterocycles. The van der Waals surface area contributed by atoms with E-state index in [1.54, 1.807) is 6.07 Å². The van der Waals surface area contributed by atoms with Gasteiger partial charge in [0.05, 0.1) is 0 Å². The van der Waals surface area contributed by atoms with E-state index in [1.165, 1.54) is 25.3 Å². The van der Waals surface area contributed by atoms with Gasteiger partial charge in [0.25, 0.3) is 0 Å². The van der Waals surface area contributed by atoms with Crippen molar-refractivity contribution in [2.75, 3.05) is 0 Å². The Balaban J connectivity index is 2.24. The summed E-state index contributed by atoms with van der Waals surface area (Å²) in [6.45, 7) is 0. The normalized spacial score (nSPS) is 17.2. The highest BCUT2D eigenvalue weighted by Crippen LogP contribution is 2.37. The van der Waals surface area contributed by atoms with Crippen LogP contribution in [0.4, 0.5) is 0 Å². The summed E-state index contributed by atoms with van der Waals surface area (Å²) < 4.78 is 0. The number of nitrogens with two attached hydrogens (primary N) is 1. The van der Waals surface area contributed by atoms with Crippen LogP contribution in [-0.2, 0) is 0 Å². The molecule has 1 aliphatic rings. The quantitative estimate of drug-likeness (QED) is 0.802. The topological polar surface area (TPSA) is 63.3 Å². The van der Waals surface area contributed by atoms with E-state index < -0.39 is 5.91 Å². The molecular weight excluding hydrogens is 202 g/mol. The summed E-state index contributed by atoms with van der Waals surface area (Å²) in [5.74, 6) is 0.157. The average Bonchev–Trinajstić information content (AvgIpc) is 2.30. The second-order valence-electron chi connectivity index (χ2n) is 4.47. The van der Waals surface area contributed by atoms with Gasteiger partial charge < -0.3 is 10.8 Å². The van der Waals surface area contributed by atoms with Gasteiger partial charge in [-0.2, -0.15) is 0 Å². The van der Waals surface area contributed by atoms with Gasteiger partial charge in [-0.15, -0.1) is 0 Å². The first kappa shape index (κ1) is 11.0. The van der Waals surface area contributed by atoms with Crippen molar-refractivity contribution in [3.8, 4) is 5.75 Å². The first-order valence-electron chi connectivity index (χ1n) is 5.81. The summed E-state index contributed by atoms with van der Waals surface area (Å²) >= 11 is 0. The molecule has 1 aliphatic carbocycles. The van der Waals surface area contributed by atoms with Gasteiger partial charge in [0.2, 0.25) is 5.91 Å². The molecule has 1 fully saturated rings. The number of carbonyl (C=O) groups is 1. The van der Waals surface area contributed by atoms with Crippen LogP contribution in [0.5, 0.6) is 5.75 Å². The van der Waals surface area contributed by atoms with E-state index in [2.05, 4.69) is 0 Å². The summed E-state index contributed by atoms with van der Waals surface area (Å²) in [6.07, 6.45) is 5.99. The van der Waals surface area contributed by atoms with Gasteiger partial charge >= 0.3 is 0 Å². The van der Waals surface area contributed by atoms with Crippen LogP contribution in [0, 0.1) is 0 Å². The number of hydrogen-bond donors (Lipinski definition) is 2. The molecule has 0 heterocycles. The van der Waals surface area contributed by atoms with Gasteiger partial charge in [0.15, 0.2) is 0 Å². The molecule has 1 aromatic rings. The summed E-state index contributed by atoms with van der Waals surface area (Å²) in [4.78, 5) is 11.0. The van der Waals surface area contributed by atoms with Gasteiger partial charge in [0, 0.05) is 5.56 Å². The lowest BCUT2D eigenvalue weighted by atomic mass is 9.83. The maximum atomic E-state index is 11.0. The Bertz CT molecular complexity index is 395. The summed E-state index contributed by atoms with van der Waals surface area (Å²) in [5, 5.41) is 9.88. The number of primary amides is 1. The Morgan fingerprint density at radius 2 is 1.94 bits per heavy atom. The third-order valence-electron chi connectivity index (χ3n) is 3.36. The fraction of sp³-hybridized carbons (Fsp3) is 0.462. The molecule has 2 rings (SSSR count). The Kier molecular flexibility index (Phi) is 3.13. The number of amides is 1. The second-order valence-corrected chi connectivity index (χ2v) is 4.47. The maximum absolute atomic E-state index is 11.0. The van der Waals surface area contributed by atoms with Crippen molar-refractivity contribution in [3.05, 3.63) is 29.3 Å². The molecule has 0 spiro atoms. The Morgan fingerprint density at radius 1 is 1.25 bits per heavy atom. The molecule has 1 saturated carbocycles. The molecule has 0 radical (unpaired) electrons. The van der Waals surface area contributed by atoms with Gasteiger partial charge in [-0.25, -0.2) is 0 Å². The number of aromatic hydroxyl groups is 1. The van der Waals surface area contributed by atoms with Crippen LogP contribution in [0.1, 0.15) is 53.9 Å². The average molecular weight is 219 g/mol. The summed E-state index contributed by atoms with van der Waals surface area (Å²) in [7, 11) is 0. The first-order valence-corrected chi connectivity index (χ1v) is 5.81. The lowest BCUT2D eigenvalue weighted by Crippen LogP contribution is -2.11. The van der Waals surface area contributed by atoms with Crippen molar-refractivity contribution in [2.24, 2.45) is 5.73 Å². The van der Waals surface area contributed by atoms with Gasteiger partial charge in [0.1, 0.15) is 5.75 Å². The van der Waals surface area contributed by atoms with E-state index in [9.17, 15) is 9.90 Å². The van der Waals surface area contributed by atoms with Crippen LogP contribution in [0.3, 0.4) is 0 Å². The smallest absolute Gasteiger partial charge is 0.248 e. The molecule has 3 heteroatoms. The van der Waals surface area contributed by atoms with Crippen molar-refractivity contribution in [1.82, 2.24) is 0 Å². The molecule has 0 unspecified atom stereocenters. The predicted octanol–water partition coefficient (Wildman–Crippen LogP) is 2.54. The molecule has 3 nitrogen and oxygen atoms in total. The van der Waals surface area contributed by atoms with Crippen molar-refractivity contribution in [3.63, 3.8) is 0 Å². The van der Waals surface area contributed by atoms with Crippen molar-refractivity contribution < 1.29 is 9.90 Å². The van der Waals surface area contributed by atoms with E-state index in [0.717, 1.165) is 18.4 Å². The van der Waals surface area contributed by atoms with Crippen LogP contribution in [0.15, 0.2) is 18.2 Å². The van der Waals surface area contributed by atoms with Crippen LogP contribution >= 0.6 is 0 Å². The zero-order valence-corrected chi connectivity index (χ0v) is 9.28. The molecule has 0 bridgehead atoms. The van der Waals surface area contributed by atoms with Gasteiger partial charge in [-0.3, -0.25) is 4.79 Å². The second kappa shape index (κ2) is 4.56. The van der Waals surface area contributed by atoms with E-state index in [-0.39, 0.29) is 5.75 Å². The minimum Gasteiger partial charge on any atom is -0.508 e. The number of rotatable bonds is 2. The van der Waals surface area contributed by atoms with Gasteiger partial charge in [-0.1, -0.05) is 25.3 Å². The third-order valence-corrected chi connectivity index (χ3v) is 3.36. The van der Waals surface area contributed by atoms with E-state index >= 15 is 0 Å². The minimum absolute atomic E-state index is 0.211. The van der Waals surface area contributed by atoms with Crippen molar-refractivity contribution in [2.45, 2.75) is 38.0 Å². The maximum Gasteiger partial charge on any atom is 0.248 e. The van der Waals surface area contributed by atoms with Crippen LogP contribution < -0.4 is 5.73 Å². The Morgan fingerprint density at radius 3 is 2.50 bits per heavy atom. The van der Waals surface area contributed by atoms with E-state index in [0.29, 0.717) is 11.5 Å². The minimum atomic E-state index is -0.495. The molecule has 1 aromatic carbocycles. The Hall–Kier alpha value is -1.51. The molecule has 3 N–H and O–H groups in total. The highest BCUT2D eigenvalue weighted by atomic mass is 16.3. The van der Waals surface area contributed by atoms with Crippen molar-refractivity contribution in [1.29, 1.82) is 0 Å². The molecule has 0 saturated heterocycles. The molecule has 1 amide bonds. The van der Waals surface area contributed by atoms with E-state index in [1.807, 2.05) is 6.07 Å². The van der Waals surface area contributed by atoms with E-state index in [4.69, 9.17) is 5.73 Å².